The smallest absolute Gasteiger partial charge is 0.267 e. The summed E-state index contributed by atoms with van der Waals surface area (Å²) in [6.07, 6.45) is 0. The van der Waals surface area contributed by atoms with E-state index in [1.54, 1.807) is 24.3 Å². The lowest BCUT2D eigenvalue weighted by Gasteiger charge is -2.35. The average molecular weight is 435 g/mol. The van der Waals surface area contributed by atoms with Gasteiger partial charge >= 0.3 is 0 Å². The molecule has 8 nitrogen and oxygen atoms in total. The number of nitrogens with one attached hydrogen (secondary N) is 1. The van der Waals surface area contributed by atoms with Gasteiger partial charge in [-0.1, -0.05) is 0 Å². The molecule has 1 saturated heterocycles. The highest BCUT2D eigenvalue weighted by Gasteiger charge is 2.28. The summed E-state index contributed by atoms with van der Waals surface area (Å²) in [6.45, 7) is 3.27. The lowest BCUT2D eigenvalue weighted by atomic mass is 10.1. The molecular formula is C23H22FN5O3. The summed E-state index contributed by atoms with van der Waals surface area (Å²) >= 11 is 0. The second-order valence-corrected chi connectivity index (χ2v) is 7.40. The molecule has 9 heteroatoms. The van der Waals surface area contributed by atoms with E-state index in [4.69, 9.17) is 10.5 Å². The van der Waals surface area contributed by atoms with Crippen LogP contribution in [-0.4, -0.2) is 47.3 Å². The Balaban J connectivity index is 1.64. The fraction of sp³-hybridized carbons (Fsp3) is 0.217. The van der Waals surface area contributed by atoms with Crippen LogP contribution in [0.25, 0.3) is 11.4 Å². The van der Waals surface area contributed by atoms with Crippen molar-refractivity contribution in [1.29, 1.82) is 0 Å². The van der Waals surface area contributed by atoms with Crippen molar-refractivity contribution in [3.05, 3.63) is 66.1 Å². The summed E-state index contributed by atoms with van der Waals surface area (Å²) < 4.78 is 18.8. The first-order valence-electron chi connectivity index (χ1n) is 10.1. The molecule has 1 aliphatic heterocycles. The van der Waals surface area contributed by atoms with E-state index in [9.17, 15) is 14.0 Å². The number of primary amides is 1. The van der Waals surface area contributed by atoms with E-state index in [1.807, 2.05) is 4.90 Å². The quantitative estimate of drug-likeness (QED) is 0.612. The topological polar surface area (TPSA) is 110 Å². The summed E-state index contributed by atoms with van der Waals surface area (Å²) in [5.41, 5.74) is 6.22. The number of carbonyl (C=O) groups is 2. The molecule has 0 aliphatic carbocycles. The lowest BCUT2D eigenvalue weighted by Crippen LogP contribution is -2.55. The molecule has 1 amide bonds. The number of anilines is 1. The highest BCUT2D eigenvalue weighted by Crippen LogP contribution is 2.27. The monoisotopic (exact) mass is 435 g/mol. The van der Waals surface area contributed by atoms with Crippen LogP contribution in [0.3, 0.4) is 0 Å². The molecule has 1 unspecified atom stereocenters. The van der Waals surface area contributed by atoms with E-state index < -0.39 is 11.9 Å². The number of hydrogen-bond acceptors (Lipinski definition) is 7. The van der Waals surface area contributed by atoms with Gasteiger partial charge in [0.2, 0.25) is 0 Å². The molecule has 4 rings (SSSR count). The van der Waals surface area contributed by atoms with Crippen LogP contribution < -0.4 is 20.7 Å². The Morgan fingerprint density at radius 1 is 1.09 bits per heavy atom. The molecule has 0 spiro atoms. The number of hydrogen-bond donors (Lipinski definition) is 2. The molecule has 0 radical (unpaired) electrons. The molecule has 1 fully saturated rings. The van der Waals surface area contributed by atoms with E-state index in [0.717, 1.165) is 0 Å². The number of nitrogens with two attached hydrogens (primary N) is 1. The van der Waals surface area contributed by atoms with Crippen LogP contribution in [0.1, 0.15) is 17.4 Å². The second kappa shape index (κ2) is 9.11. The van der Waals surface area contributed by atoms with Gasteiger partial charge in [0.1, 0.15) is 34.9 Å². The van der Waals surface area contributed by atoms with Crippen molar-refractivity contribution >= 4 is 17.5 Å². The van der Waals surface area contributed by atoms with Gasteiger partial charge in [0, 0.05) is 31.3 Å². The van der Waals surface area contributed by atoms with Crippen LogP contribution in [0.2, 0.25) is 0 Å². The summed E-state index contributed by atoms with van der Waals surface area (Å²) in [5, 5.41) is 3.20. The average Bonchev–Trinajstić information content (AvgIpc) is 2.80. The van der Waals surface area contributed by atoms with Crippen LogP contribution in [0, 0.1) is 5.82 Å². The van der Waals surface area contributed by atoms with Crippen LogP contribution in [0.15, 0.2) is 54.6 Å². The third-order valence-electron chi connectivity index (χ3n) is 5.13. The molecule has 32 heavy (non-hydrogen) atoms. The lowest BCUT2D eigenvalue weighted by molar-refractivity contribution is -0.118. The van der Waals surface area contributed by atoms with Crippen LogP contribution in [0.4, 0.5) is 10.2 Å². The van der Waals surface area contributed by atoms with Crippen molar-refractivity contribution in [2.75, 3.05) is 24.5 Å². The number of Topliss-reactive ketones (excluding diaryl/α,β-unsaturated/α-hetero) is 1. The number of piperazine rings is 1. The number of ketones is 1. The third kappa shape index (κ3) is 4.73. The number of halogens is 1. The molecule has 0 saturated carbocycles. The number of rotatable bonds is 6. The summed E-state index contributed by atoms with van der Waals surface area (Å²) in [7, 11) is 0. The number of benzene rings is 2. The van der Waals surface area contributed by atoms with Crippen molar-refractivity contribution in [2.45, 2.75) is 13.0 Å². The van der Waals surface area contributed by atoms with Crippen LogP contribution in [-0.2, 0) is 4.79 Å². The van der Waals surface area contributed by atoms with Gasteiger partial charge in [-0.25, -0.2) is 14.4 Å². The zero-order valence-corrected chi connectivity index (χ0v) is 17.4. The minimum atomic E-state index is -0.680. The molecule has 1 aromatic heterocycles. The Morgan fingerprint density at radius 3 is 2.38 bits per heavy atom. The Bertz CT molecular complexity index is 1140. The molecule has 3 aromatic rings. The molecule has 1 atom stereocenters. The van der Waals surface area contributed by atoms with Gasteiger partial charge in [-0.3, -0.25) is 9.59 Å². The van der Waals surface area contributed by atoms with Crippen molar-refractivity contribution < 1.29 is 18.7 Å². The molecule has 164 valence electrons. The maximum atomic E-state index is 13.1. The first kappa shape index (κ1) is 21.4. The molecule has 2 heterocycles. The fourth-order valence-corrected chi connectivity index (χ4v) is 3.49. The van der Waals surface area contributed by atoms with Gasteiger partial charge in [-0.15, -0.1) is 0 Å². The van der Waals surface area contributed by atoms with E-state index >= 15 is 0 Å². The second-order valence-electron chi connectivity index (χ2n) is 7.40. The summed E-state index contributed by atoms with van der Waals surface area (Å²) in [6, 6.07) is 13.8. The van der Waals surface area contributed by atoms with Gasteiger partial charge in [-0.05, 0) is 55.5 Å². The minimum absolute atomic E-state index is 0.000261. The first-order chi connectivity index (χ1) is 15.4. The molecule has 3 N–H and O–H groups in total. The molecule has 1 aliphatic rings. The fourth-order valence-electron chi connectivity index (χ4n) is 3.49. The van der Waals surface area contributed by atoms with Gasteiger partial charge < -0.3 is 20.7 Å². The SMILES string of the molecule is CC(=O)C1CNCCN1c1cc(C(N)=O)nc(-c2ccc(Oc3ccc(F)cc3)cc2)n1. The van der Waals surface area contributed by atoms with Crippen LogP contribution >= 0.6 is 0 Å². The predicted octanol–water partition coefficient (Wildman–Crippen LogP) is 2.54. The van der Waals surface area contributed by atoms with Crippen molar-refractivity contribution in [3.63, 3.8) is 0 Å². The van der Waals surface area contributed by atoms with Crippen molar-refractivity contribution in [2.24, 2.45) is 5.73 Å². The van der Waals surface area contributed by atoms with E-state index in [-0.39, 0.29) is 17.3 Å². The maximum absolute atomic E-state index is 13.1. The summed E-state index contributed by atoms with van der Waals surface area (Å²) in [5.74, 6) is 0.808. The van der Waals surface area contributed by atoms with Gasteiger partial charge in [0.15, 0.2) is 11.6 Å². The number of ether oxygens (including phenoxy) is 1. The minimum Gasteiger partial charge on any atom is -0.457 e. The maximum Gasteiger partial charge on any atom is 0.267 e. The van der Waals surface area contributed by atoms with Crippen molar-refractivity contribution in [1.82, 2.24) is 15.3 Å². The Kier molecular flexibility index (Phi) is 6.09. The van der Waals surface area contributed by atoms with Crippen molar-refractivity contribution in [3.8, 4) is 22.9 Å². The van der Waals surface area contributed by atoms with E-state index in [2.05, 4.69) is 15.3 Å². The largest absolute Gasteiger partial charge is 0.457 e. The third-order valence-corrected chi connectivity index (χ3v) is 5.13. The summed E-state index contributed by atoms with van der Waals surface area (Å²) in [4.78, 5) is 34.8. The first-order valence-corrected chi connectivity index (χ1v) is 10.1. The highest BCUT2D eigenvalue weighted by molar-refractivity contribution is 5.92. The molecule has 0 bridgehead atoms. The van der Waals surface area contributed by atoms with Gasteiger partial charge in [-0.2, -0.15) is 0 Å². The zero-order chi connectivity index (χ0) is 22.7. The zero-order valence-electron chi connectivity index (χ0n) is 17.4. The standard InChI is InChI=1S/C23H22FN5O3/c1-14(30)20-13-26-10-11-29(20)21-12-19(22(25)31)27-23(28-21)15-2-6-17(7-3-15)32-18-8-4-16(24)5-9-18/h2-9,12,20,26H,10-11,13H2,1H3,(H2,25,31). The van der Waals surface area contributed by atoms with E-state index in [1.165, 1.54) is 37.3 Å². The van der Waals surface area contributed by atoms with E-state index in [0.29, 0.717) is 48.3 Å². The Hall–Kier alpha value is -3.85. The number of nitrogens with zero attached hydrogens (tertiary/aromatic N) is 3. The number of carbonyl (C=O) groups excluding carboxylic acids is 2. The molecular weight excluding hydrogens is 413 g/mol. The predicted molar refractivity (Wildman–Crippen MR) is 117 cm³/mol. The van der Waals surface area contributed by atoms with Gasteiger partial charge in [0.05, 0.1) is 0 Å². The van der Waals surface area contributed by atoms with Crippen LogP contribution in [0.5, 0.6) is 11.5 Å². The Morgan fingerprint density at radius 2 is 1.75 bits per heavy atom. The normalized spacial score (nSPS) is 15.9. The Labute approximate surface area is 184 Å². The molecule has 2 aromatic carbocycles. The van der Waals surface area contributed by atoms with Gasteiger partial charge in [0.25, 0.3) is 5.91 Å². The number of aromatic nitrogens is 2. The number of amides is 1. The highest BCUT2D eigenvalue weighted by atomic mass is 19.1.